The number of likely N-dealkylation sites (N-methyl/N-ethyl adjacent to an activating group) is 1. The summed E-state index contributed by atoms with van der Waals surface area (Å²) in [5.41, 5.74) is 8.59. The number of benzene rings is 3. The Hall–Kier alpha value is -5.55. The first-order chi connectivity index (χ1) is 28.4. The molecule has 4 aromatic rings. The van der Waals surface area contributed by atoms with Gasteiger partial charge in [-0.3, -0.25) is 19.5 Å². The summed E-state index contributed by atoms with van der Waals surface area (Å²) in [4.78, 5) is 59.4. The summed E-state index contributed by atoms with van der Waals surface area (Å²) >= 11 is 0. The Labute approximate surface area is 341 Å². The molecule has 302 valence electrons. The Morgan fingerprint density at radius 3 is 2.16 bits per heavy atom. The first-order valence-corrected chi connectivity index (χ1v) is 21.1. The fourth-order valence-corrected chi connectivity index (χ4v) is 9.63. The molecule has 3 fully saturated rings. The lowest BCUT2D eigenvalue weighted by Crippen LogP contribution is -2.48. The number of hydrogen-bond acceptors (Lipinski definition) is 7. The lowest BCUT2D eigenvalue weighted by molar-refractivity contribution is -0.138. The Morgan fingerprint density at radius 1 is 0.810 bits per heavy atom. The quantitative estimate of drug-likeness (QED) is 0.150. The van der Waals surface area contributed by atoms with Crippen molar-refractivity contribution >= 4 is 29.2 Å². The highest BCUT2D eigenvalue weighted by Gasteiger charge is 2.42. The molecular formula is C47H55N7O4. The number of carbonyl (C=O) groups excluding carboxylic acids is 3. The smallest absolute Gasteiger partial charge is 0.407 e. The van der Waals surface area contributed by atoms with Crippen molar-refractivity contribution in [2.24, 2.45) is 10.9 Å². The lowest BCUT2D eigenvalue weighted by atomic mass is 9.95. The second-order valence-corrected chi connectivity index (χ2v) is 16.0. The Morgan fingerprint density at radius 2 is 1.47 bits per heavy atom. The van der Waals surface area contributed by atoms with E-state index in [1.165, 1.54) is 7.11 Å². The van der Waals surface area contributed by atoms with Gasteiger partial charge in [-0.1, -0.05) is 99.1 Å². The number of aromatic amines is 1. The minimum atomic E-state index is -0.478. The van der Waals surface area contributed by atoms with Crippen LogP contribution in [-0.4, -0.2) is 93.7 Å². The number of allylic oxidation sites excluding steroid dienone is 1. The number of aliphatic imine (C=N–C) groups is 1. The van der Waals surface area contributed by atoms with E-state index in [4.69, 9.17) is 14.7 Å². The summed E-state index contributed by atoms with van der Waals surface area (Å²) in [5.74, 6) is 0.878. The van der Waals surface area contributed by atoms with Crippen LogP contribution in [0, 0.1) is 5.92 Å². The summed E-state index contributed by atoms with van der Waals surface area (Å²) in [5, 5.41) is 2.88. The van der Waals surface area contributed by atoms with Gasteiger partial charge in [0.15, 0.2) is 0 Å². The Balaban J connectivity index is 0.891. The molecule has 2 saturated heterocycles. The maximum Gasteiger partial charge on any atom is 0.407 e. The predicted molar refractivity (Wildman–Crippen MR) is 227 cm³/mol. The van der Waals surface area contributed by atoms with E-state index in [1.54, 1.807) is 0 Å². The van der Waals surface area contributed by atoms with E-state index in [0.717, 1.165) is 128 Å². The molecule has 11 nitrogen and oxygen atoms in total. The molecule has 0 bridgehead atoms. The van der Waals surface area contributed by atoms with Gasteiger partial charge in [0.1, 0.15) is 11.9 Å². The summed E-state index contributed by atoms with van der Waals surface area (Å²) in [6, 6.07) is 26.7. The fraction of sp³-hybridized carbons (Fsp3) is 0.426. The number of carbonyl (C=O) groups is 3. The van der Waals surface area contributed by atoms with Crippen molar-refractivity contribution in [2.45, 2.75) is 89.4 Å². The number of ether oxygens (including phenoxy) is 1. The van der Waals surface area contributed by atoms with Gasteiger partial charge >= 0.3 is 6.09 Å². The average Bonchev–Trinajstić information content (AvgIpc) is 4.12. The zero-order valence-electron chi connectivity index (χ0n) is 33.9. The maximum atomic E-state index is 14.2. The lowest BCUT2D eigenvalue weighted by Gasteiger charge is -2.34. The van der Waals surface area contributed by atoms with Gasteiger partial charge in [0, 0.05) is 37.5 Å². The molecule has 58 heavy (non-hydrogen) atoms. The Bertz CT molecular complexity index is 2140. The molecule has 4 heterocycles. The second kappa shape index (κ2) is 17.5. The molecule has 11 heteroatoms. The minimum absolute atomic E-state index is 0.00601. The zero-order chi connectivity index (χ0) is 40.2. The zero-order valence-corrected chi connectivity index (χ0v) is 33.9. The van der Waals surface area contributed by atoms with Crippen molar-refractivity contribution < 1.29 is 19.1 Å². The molecule has 8 rings (SSSR count). The molecule has 1 unspecified atom stereocenters. The predicted octanol–water partition coefficient (Wildman–Crippen LogP) is 8.19. The molecule has 3 aliphatic heterocycles. The summed E-state index contributed by atoms with van der Waals surface area (Å²) in [7, 11) is 1.36. The number of methoxy groups -OCH3 is 1. The highest BCUT2D eigenvalue weighted by Crippen LogP contribution is 2.37. The maximum absolute atomic E-state index is 14.2. The summed E-state index contributed by atoms with van der Waals surface area (Å²) in [6.07, 6.45) is 10.3. The normalized spacial score (nSPS) is 22.3. The van der Waals surface area contributed by atoms with E-state index in [-0.39, 0.29) is 41.9 Å². The van der Waals surface area contributed by atoms with E-state index in [9.17, 15) is 14.4 Å². The number of likely N-dealkylation sites (tertiary alicyclic amines) is 2. The van der Waals surface area contributed by atoms with Gasteiger partial charge in [-0.05, 0) is 85.0 Å². The minimum Gasteiger partial charge on any atom is -0.453 e. The molecule has 0 radical (unpaired) electrons. The first-order valence-electron chi connectivity index (χ1n) is 21.1. The monoisotopic (exact) mass is 781 g/mol. The van der Waals surface area contributed by atoms with Gasteiger partial charge in [-0.15, -0.1) is 0 Å². The number of nitrogens with one attached hydrogen (secondary N) is 2. The van der Waals surface area contributed by atoms with Crippen molar-refractivity contribution in [2.75, 3.05) is 33.3 Å². The van der Waals surface area contributed by atoms with Gasteiger partial charge in [-0.2, -0.15) is 0 Å². The van der Waals surface area contributed by atoms with E-state index in [0.29, 0.717) is 0 Å². The molecule has 0 spiro atoms. The number of amides is 3. The average molecular weight is 782 g/mol. The largest absolute Gasteiger partial charge is 0.453 e. The van der Waals surface area contributed by atoms with Crippen LogP contribution in [0.15, 0.2) is 96.3 Å². The van der Waals surface area contributed by atoms with E-state index < -0.39 is 6.09 Å². The molecule has 4 aliphatic rings. The van der Waals surface area contributed by atoms with Crippen LogP contribution >= 0.6 is 0 Å². The molecule has 1 saturated carbocycles. The van der Waals surface area contributed by atoms with Gasteiger partial charge in [0.2, 0.25) is 11.8 Å². The molecule has 2 N–H and O–H groups in total. The van der Waals surface area contributed by atoms with Gasteiger partial charge < -0.3 is 24.8 Å². The van der Waals surface area contributed by atoms with Gasteiger partial charge in [-0.25, -0.2) is 9.78 Å². The molecule has 3 aromatic carbocycles. The number of alkyl carbamates (subject to hydrolysis) is 1. The Kier molecular flexibility index (Phi) is 11.9. The summed E-state index contributed by atoms with van der Waals surface area (Å²) in [6.45, 7) is 7.27. The van der Waals surface area contributed by atoms with Crippen LogP contribution in [0.5, 0.6) is 0 Å². The second-order valence-electron chi connectivity index (χ2n) is 16.0. The van der Waals surface area contributed by atoms with Crippen LogP contribution in [0.4, 0.5) is 4.79 Å². The summed E-state index contributed by atoms with van der Waals surface area (Å²) < 4.78 is 4.81. The number of imidazole rings is 1. The van der Waals surface area contributed by atoms with Crippen LogP contribution in [0.3, 0.4) is 0 Å². The van der Waals surface area contributed by atoms with E-state index >= 15 is 0 Å². The number of H-pyrrole nitrogens is 1. The van der Waals surface area contributed by atoms with Crippen molar-refractivity contribution in [3.8, 4) is 22.4 Å². The topological polar surface area (TPSA) is 123 Å². The molecule has 3 amide bonds. The third kappa shape index (κ3) is 7.97. The third-order valence-corrected chi connectivity index (χ3v) is 12.8. The molecule has 5 atom stereocenters. The van der Waals surface area contributed by atoms with Crippen molar-refractivity contribution in [3.63, 3.8) is 0 Å². The standard InChI is InChI=1S/C47H55N7O4/c1-4-52(5-2)43(35-12-7-6-8-13-35)46(56)54-27-11-17-42(54)44-49-30-40(50-44)34-24-22-32(23-25-34)31-18-20-33(21-19-31)36-28-39(48-29-36)41-16-10-26-53(41)45(55)37-14-9-15-38(37)51-47(57)58-3/h6-8,12-13,18-25,29-30,37-38,41-43H,4-5,9-11,14-17,26-28H2,1-3H3,(H,49,50)(H,51,57)/t37?,38-,41-,42-,43+/m0/s1. The van der Waals surface area contributed by atoms with Crippen molar-refractivity contribution in [1.82, 2.24) is 30.0 Å². The first kappa shape index (κ1) is 39.3. The van der Waals surface area contributed by atoms with Gasteiger partial charge in [0.25, 0.3) is 0 Å². The van der Waals surface area contributed by atoms with E-state index in [2.05, 4.69) is 89.7 Å². The van der Waals surface area contributed by atoms with Crippen LogP contribution < -0.4 is 5.32 Å². The van der Waals surface area contributed by atoms with Crippen LogP contribution in [0.1, 0.15) is 94.2 Å². The highest BCUT2D eigenvalue weighted by molar-refractivity contribution is 6.03. The number of nitrogens with zero attached hydrogens (tertiary/aromatic N) is 5. The number of aromatic nitrogens is 2. The molecule has 1 aliphatic carbocycles. The van der Waals surface area contributed by atoms with E-state index in [1.807, 2.05) is 40.4 Å². The van der Waals surface area contributed by atoms with Crippen LogP contribution in [-0.2, 0) is 14.3 Å². The van der Waals surface area contributed by atoms with Crippen molar-refractivity contribution in [1.29, 1.82) is 0 Å². The SMILES string of the molecule is CCN(CC)[C@@H](C(=O)N1CCC[C@H]1c1ncc(-c2ccc(-c3ccc(C4=CN=C([C@@H]5CCCN5C(=O)C5CCC[C@@H]5NC(=O)OC)C4)cc3)cc2)[nH]1)c1ccccc1. The third-order valence-electron chi connectivity index (χ3n) is 12.8. The van der Waals surface area contributed by atoms with Crippen LogP contribution in [0.25, 0.3) is 28.0 Å². The highest BCUT2D eigenvalue weighted by atomic mass is 16.5. The fourth-order valence-electron chi connectivity index (χ4n) is 9.63. The number of hydrogen-bond donors (Lipinski definition) is 2. The van der Waals surface area contributed by atoms with Crippen LogP contribution in [0.2, 0.25) is 0 Å². The van der Waals surface area contributed by atoms with Crippen molar-refractivity contribution in [3.05, 3.63) is 108 Å². The molecule has 1 aromatic heterocycles. The molecular weight excluding hydrogens is 727 g/mol. The van der Waals surface area contributed by atoms with Gasteiger partial charge in [0.05, 0.1) is 37.0 Å². The number of rotatable bonds is 12.